The van der Waals surface area contributed by atoms with Crippen molar-refractivity contribution in [3.8, 4) is 0 Å². The Labute approximate surface area is 86.8 Å². The van der Waals surface area contributed by atoms with Gasteiger partial charge in [-0.25, -0.2) is 4.79 Å². The summed E-state index contributed by atoms with van der Waals surface area (Å²) in [5, 5.41) is 0. The third-order valence-electron chi connectivity index (χ3n) is 1.04. The summed E-state index contributed by atoms with van der Waals surface area (Å²) in [4.78, 5) is 8.93. The van der Waals surface area contributed by atoms with E-state index in [1.807, 2.05) is 0 Å². The van der Waals surface area contributed by atoms with Gasteiger partial charge in [-0.2, -0.15) is 8.42 Å². The van der Waals surface area contributed by atoms with Gasteiger partial charge in [0.2, 0.25) is 0 Å². The van der Waals surface area contributed by atoms with Crippen molar-refractivity contribution in [1.82, 2.24) is 0 Å². The summed E-state index contributed by atoms with van der Waals surface area (Å²) in [5.41, 5.74) is 8.50. The van der Waals surface area contributed by atoms with Crippen molar-refractivity contribution in [2.24, 2.45) is 11.5 Å². The summed E-state index contributed by atoms with van der Waals surface area (Å²) in [5.74, 6) is 0. The molecule has 8 heteroatoms. The van der Waals surface area contributed by atoms with E-state index in [-0.39, 0.29) is 10.4 Å². The summed E-state index contributed by atoms with van der Waals surface area (Å²) >= 11 is 0. The molecule has 86 valence electrons. The van der Waals surface area contributed by atoms with E-state index in [2.05, 4.69) is 11.5 Å². The van der Waals surface area contributed by atoms with Crippen LogP contribution in [-0.2, 0) is 10.1 Å². The number of nitrogens with two attached hydrogens (primary N) is 2. The van der Waals surface area contributed by atoms with Gasteiger partial charge in [0.1, 0.15) is 0 Å². The van der Waals surface area contributed by atoms with Crippen LogP contribution in [0.2, 0.25) is 0 Å². The van der Waals surface area contributed by atoms with Gasteiger partial charge in [0.25, 0.3) is 10.1 Å². The van der Waals surface area contributed by atoms with E-state index in [1.54, 1.807) is 18.2 Å². The minimum atomic E-state index is -4.00. The summed E-state index contributed by atoms with van der Waals surface area (Å²) in [7, 11) is -4.00. The quantitative estimate of drug-likeness (QED) is 0.542. The molecule has 0 unspecified atom stereocenters. The van der Waals surface area contributed by atoms with Crippen molar-refractivity contribution < 1.29 is 23.2 Å². The Kier molecular flexibility index (Phi) is 7.13. The molecule has 15 heavy (non-hydrogen) atoms. The fourth-order valence-electron chi connectivity index (χ4n) is 0.592. The van der Waals surface area contributed by atoms with E-state index in [1.165, 1.54) is 12.1 Å². The van der Waals surface area contributed by atoms with E-state index in [0.29, 0.717) is 0 Å². The Morgan fingerprint density at radius 2 is 1.47 bits per heavy atom. The number of hydrogen-bond donors (Lipinski definition) is 3. The van der Waals surface area contributed by atoms with Crippen molar-refractivity contribution in [2.75, 3.05) is 0 Å². The van der Waals surface area contributed by atoms with Gasteiger partial charge in [-0.3, -0.25) is 4.55 Å². The lowest BCUT2D eigenvalue weighted by Gasteiger charge is -1.92. The van der Waals surface area contributed by atoms with Crippen molar-refractivity contribution in [1.29, 1.82) is 0 Å². The van der Waals surface area contributed by atoms with Crippen LogP contribution in [0.3, 0.4) is 0 Å². The molecule has 0 heterocycles. The summed E-state index contributed by atoms with van der Waals surface area (Å²) in [6.45, 7) is 0. The van der Waals surface area contributed by atoms with Crippen molar-refractivity contribution in [3.63, 3.8) is 0 Å². The average Bonchev–Trinajstić information content (AvgIpc) is 2.03. The van der Waals surface area contributed by atoms with Crippen molar-refractivity contribution in [2.45, 2.75) is 4.90 Å². The first-order valence-electron chi connectivity index (χ1n) is 3.41. The number of carbonyl (C=O) groups excluding carboxylic acids is 1. The van der Waals surface area contributed by atoms with E-state index in [9.17, 15) is 8.42 Å². The van der Waals surface area contributed by atoms with Gasteiger partial charge in [-0.1, -0.05) is 18.2 Å². The molecule has 0 aliphatic rings. The molecule has 1 aromatic rings. The van der Waals surface area contributed by atoms with E-state index < -0.39 is 16.1 Å². The molecule has 0 saturated heterocycles. The lowest BCUT2D eigenvalue weighted by Crippen LogP contribution is -2.18. The molecule has 0 atom stereocenters. The number of primary amides is 2. The highest BCUT2D eigenvalue weighted by Gasteiger charge is 2.05. The molecule has 1 aromatic carbocycles. The maximum Gasteiger partial charge on any atom is 0.309 e. The largest absolute Gasteiger partial charge is 0.412 e. The van der Waals surface area contributed by atoms with Crippen molar-refractivity contribution >= 4 is 16.1 Å². The first-order chi connectivity index (χ1) is 6.34. The fraction of sp³-hybridized carbons (Fsp3) is 0. The smallest absolute Gasteiger partial charge is 0.309 e. The Morgan fingerprint density at radius 3 is 1.67 bits per heavy atom. The normalized spacial score (nSPS) is 9.13. The Bertz CT molecular complexity index is 385. The van der Waals surface area contributed by atoms with Gasteiger partial charge in [-0.15, -0.1) is 0 Å². The molecule has 0 aliphatic carbocycles. The predicted molar refractivity (Wildman–Crippen MR) is 53.6 cm³/mol. The third-order valence-corrected chi connectivity index (χ3v) is 1.91. The molecule has 0 aromatic heterocycles. The fourth-order valence-corrected chi connectivity index (χ4v) is 1.09. The maximum atomic E-state index is 10.4. The molecule has 7 nitrogen and oxygen atoms in total. The number of urea groups is 1. The molecule has 0 saturated carbocycles. The molecule has 7 N–H and O–H groups in total. The highest BCUT2D eigenvalue weighted by molar-refractivity contribution is 7.85. The SMILES string of the molecule is NC(N)=O.O.O=S(=O)(O)c1ccccc1. The molecule has 1 rings (SSSR count). The summed E-state index contributed by atoms with van der Waals surface area (Å²) < 4.78 is 29.2. The van der Waals surface area contributed by atoms with Gasteiger partial charge < -0.3 is 16.9 Å². The second kappa shape index (κ2) is 6.76. The monoisotopic (exact) mass is 236 g/mol. The second-order valence-electron chi connectivity index (χ2n) is 2.19. The van der Waals surface area contributed by atoms with Gasteiger partial charge in [0.15, 0.2) is 0 Å². The first-order valence-corrected chi connectivity index (χ1v) is 4.85. The van der Waals surface area contributed by atoms with Crippen molar-refractivity contribution in [3.05, 3.63) is 30.3 Å². The number of hydrogen-bond acceptors (Lipinski definition) is 3. The van der Waals surface area contributed by atoms with Crippen LogP contribution in [0.15, 0.2) is 35.2 Å². The Balaban J connectivity index is 0. The van der Waals surface area contributed by atoms with Crippen LogP contribution >= 0.6 is 0 Å². The first kappa shape index (κ1) is 15.8. The zero-order valence-corrected chi connectivity index (χ0v) is 8.44. The number of carbonyl (C=O) groups is 1. The lowest BCUT2D eigenvalue weighted by molar-refractivity contribution is 0.256. The number of amides is 2. The highest BCUT2D eigenvalue weighted by atomic mass is 32.2. The van der Waals surface area contributed by atoms with Crippen LogP contribution < -0.4 is 11.5 Å². The molecular weight excluding hydrogens is 224 g/mol. The Morgan fingerprint density at radius 1 is 1.13 bits per heavy atom. The predicted octanol–water partition coefficient (Wildman–Crippen LogP) is -0.868. The molecule has 0 bridgehead atoms. The topological polar surface area (TPSA) is 155 Å². The maximum absolute atomic E-state index is 10.4. The summed E-state index contributed by atoms with van der Waals surface area (Å²) in [6, 6.07) is 6.59. The zero-order chi connectivity index (χ0) is 11.2. The number of rotatable bonds is 1. The highest BCUT2D eigenvalue weighted by Crippen LogP contribution is 2.05. The molecule has 0 spiro atoms. The van der Waals surface area contributed by atoms with Crippen LogP contribution in [0.1, 0.15) is 0 Å². The van der Waals surface area contributed by atoms with E-state index >= 15 is 0 Å². The Hall–Kier alpha value is -1.64. The van der Waals surface area contributed by atoms with Gasteiger partial charge >= 0.3 is 6.03 Å². The second-order valence-corrected chi connectivity index (χ2v) is 3.61. The molecule has 0 aliphatic heterocycles. The lowest BCUT2D eigenvalue weighted by atomic mass is 10.4. The van der Waals surface area contributed by atoms with Crippen LogP contribution in [-0.4, -0.2) is 24.5 Å². The van der Waals surface area contributed by atoms with Crippen LogP contribution in [0.5, 0.6) is 0 Å². The van der Waals surface area contributed by atoms with Gasteiger partial charge in [-0.05, 0) is 12.1 Å². The number of benzene rings is 1. The summed E-state index contributed by atoms with van der Waals surface area (Å²) in [6.07, 6.45) is 0. The van der Waals surface area contributed by atoms with E-state index in [0.717, 1.165) is 0 Å². The minimum Gasteiger partial charge on any atom is -0.412 e. The average molecular weight is 236 g/mol. The minimum absolute atomic E-state index is 0. The standard InChI is InChI=1S/C6H6O3S.CH4N2O.H2O/c7-10(8,9)6-4-2-1-3-5-6;2-1(3)4;/h1-5H,(H,7,8,9);(H4,2,3,4);1H2. The zero-order valence-electron chi connectivity index (χ0n) is 7.62. The molecule has 2 amide bonds. The third kappa shape index (κ3) is 8.68. The van der Waals surface area contributed by atoms with Crippen LogP contribution in [0, 0.1) is 0 Å². The molecule has 0 radical (unpaired) electrons. The molecular formula is C7H12N2O5S. The van der Waals surface area contributed by atoms with E-state index in [4.69, 9.17) is 9.35 Å². The van der Waals surface area contributed by atoms with Crippen LogP contribution in [0.4, 0.5) is 4.79 Å². The van der Waals surface area contributed by atoms with Crippen LogP contribution in [0.25, 0.3) is 0 Å². The molecule has 0 fully saturated rings. The van der Waals surface area contributed by atoms with Gasteiger partial charge in [0.05, 0.1) is 4.90 Å². The van der Waals surface area contributed by atoms with Gasteiger partial charge in [0, 0.05) is 0 Å².